The molecule has 0 unspecified atom stereocenters. The number of methoxy groups -OCH3 is 2. The van der Waals surface area contributed by atoms with Gasteiger partial charge in [0.05, 0.1) is 49.3 Å². The number of fused-ring (bicyclic) bond motifs is 2. The van der Waals surface area contributed by atoms with Gasteiger partial charge in [-0.1, -0.05) is 47.7 Å². The van der Waals surface area contributed by atoms with Crippen molar-refractivity contribution in [1.82, 2.24) is 4.57 Å². The highest BCUT2D eigenvalue weighted by molar-refractivity contribution is 7.07. The molecule has 8 nitrogen and oxygen atoms in total. The summed E-state index contributed by atoms with van der Waals surface area (Å²) in [5.74, 6) is 1.19. The number of carbonyl (C=O) groups excluding carboxylic acids is 1. The van der Waals surface area contributed by atoms with Crippen molar-refractivity contribution in [3.63, 3.8) is 0 Å². The second-order valence-corrected chi connectivity index (χ2v) is 10.1. The molecule has 2 heterocycles. The number of carbonyl (C=O) groups is 1. The van der Waals surface area contributed by atoms with Crippen molar-refractivity contribution < 1.29 is 23.7 Å². The molecule has 0 spiro atoms. The first-order valence-corrected chi connectivity index (χ1v) is 13.8. The number of nitrogens with zero attached hydrogens (tertiary/aromatic N) is 2. The molecule has 0 bridgehead atoms. The molecule has 0 saturated heterocycles. The quantitative estimate of drug-likeness (QED) is 0.299. The summed E-state index contributed by atoms with van der Waals surface area (Å²) >= 11 is 1.27. The Kier molecular flexibility index (Phi) is 7.75. The Hall–Kier alpha value is -4.37. The summed E-state index contributed by atoms with van der Waals surface area (Å²) in [4.78, 5) is 32.5. The van der Waals surface area contributed by atoms with Crippen LogP contribution in [0.1, 0.15) is 37.9 Å². The average molecular weight is 559 g/mol. The molecule has 3 aromatic carbocycles. The van der Waals surface area contributed by atoms with Crippen LogP contribution in [0.2, 0.25) is 0 Å². The van der Waals surface area contributed by atoms with Crippen molar-refractivity contribution >= 4 is 34.2 Å². The number of aromatic nitrogens is 1. The first kappa shape index (κ1) is 27.2. The zero-order valence-electron chi connectivity index (χ0n) is 23.0. The van der Waals surface area contributed by atoms with Crippen molar-refractivity contribution in [2.45, 2.75) is 26.8 Å². The topological polar surface area (TPSA) is 88.4 Å². The lowest BCUT2D eigenvalue weighted by atomic mass is 9.95. The number of ether oxygens (including phenoxy) is 4. The summed E-state index contributed by atoms with van der Waals surface area (Å²) in [5.41, 5.74) is 2.00. The fourth-order valence-electron chi connectivity index (χ4n) is 4.97. The largest absolute Gasteiger partial charge is 0.493 e. The SMILES string of the molecule is CCOC(=O)C1=C(C)N=c2s/c(=C\c3c(OCC)ccc4ccccc34)c(=O)n2[C@@H]1c1ccc(OC)c(OC)c1. The van der Waals surface area contributed by atoms with Crippen molar-refractivity contribution in [3.8, 4) is 17.2 Å². The number of hydrogen-bond donors (Lipinski definition) is 0. The van der Waals surface area contributed by atoms with Crippen molar-refractivity contribution in [1.29, 1.82) is 0 Å². The van der Waals surface area contributed by atoms with Crippen LogP contribution in [-0.2, 0) is 9.53 Å². The van der Waals surface area contributed by atoms with E-state index in [1.165, 1.54) is 11.3 Å². The van der Waals surface area contributed by atoms with Gasteiger partial charge in [-0.05, 0) is 61.4 Å². The van der Waals surface area contributed by atoms with E-state index in [0.717, 1.165) is 16.3 Å². The lowest BCUT2D eigenvalue weighted by Crippen LogP contribution is -2.40. The molecular weight excluding hydrogens is 528 g/mol. The lowest BCUT2D eigenvalue weighted by Gasteiger charge is -2.25. The second kappa shape index (κ2) is 11.4. The predicted octanol–water partition coefficient (Wildman–Crippen LogP) is 4.37. The first-order valence-electron chi connectivity index (χ1n) is 13.0. The van der Waals surface area contributed by atoms with Gasteiger partial charge in [0.25, 0.3) is 5.56 Å². The Balaban J connectivity index is 1.78. The molecule has 0 amide bonds. The van der Waals surface area contributed by atoms with Gasteiger partial charge in [0.1, 0.15) is 5.75 Å². The zero-order valence-corrected chi connectivity index (χ0v) is 23.8. The molecule has 0 fully saturated rings. The third-order valence-electron chi connectivity index (χ3n) is 6.75. The monoisotopic (exact) mass is 558 g/mol. The van der Waals surface area contributed by atoms with Gasteiger partial charge < -0.3 is 18.9 Å². The van der Waals surface area contributed by atoms with E-state index in [1.54, 1.807) is 44.8 Å². The number of hydrogen-bond acceptors (Lipinski definition) is 8. The summed E-state index contributed by atoms with van der Waals surface area (Å²) in [6, 6.07) is 16.5. The molecule has 0 aliphatic carbocycles. The number of benzene rings is 3. The van der Waals surface area contributed by atoms with E-state index in [2.05, 4.69) is 4.99 Å². The molecule has 1 aromatic heterocycles. The fourth-order valence-corrected chi connectivity index (χ4v) is 6.00. The van der Waals surface area contributed by atoms with Gasteiger partial charge in [-0.2, -0.15) is 0 Å². The van der Waals surface area contributed by atoms with Crippen molar-refractivity contribution in [3.05, 3.63) is 96.7 Å². The second-order valence-electron chi connectivity index (χ2n) is 9.05. The maximum atomic E-state index is 14.1. The van der Waals surface area contributed by atoms with Gasteiger partial charge in [0, 0.05) is 5.56 Å². The number of thiazole rings is 1. The summed E-state index contributed by atoms with van der Waals surface area (Å²) in [6.45, 7) is 6.11. The average Bonchev–Trinajstić information content (AvgIpc) is 3.27. The molecule has 5 rings (SSSR count). The number of esters is 1. The van der Waals surface area contributed by atoms with Crippen LogP contribution in [0.15, 0.2) is 75.7 Å². The molecular formula is C31H30N2O6S. The Morgan fingerprint density at radius 3 is 2.48 bits per heavy atom. The Labute approximate surface area is 235 Å². The van der Waals surface area contributed by atoms with Gasteiger partial charge in [-0.25, -0.2) is 9.79 Å². The van der Waals surface area contributed by atoms with Crippen LogP contribution in [0.5, 0.6) is 17.2 Å². The van der Waals surface area contributed by atoms with Gasteiger partial charge in [0.2, 0.25) is 0 Å². The summed E-state index contributed by atoms with van der Waals surface area (Å²) in [6.07, 6.45) is 1.85. The Morgan fingerprint density at radius 1 is 1.00 bits per heavy atom. The summed E-state index contributed by atoms with van der Waals surface area (Å²) in [5, 5.41) is 2.01. The van der Waals surface area contributed by atoms with Gasteiger partial charge >= 0.3 is 5.97 Å². The Bertz CT molecular complexity index is 1820. The smallest absolute Gasteiger partial charge is 0.338 e. The molecule has 1 aliphatic rings. The highest BCUT2D eigenvalue weighted by Gasteiger charge is 2.34. The predicted molar refractivity (Wildman–Crippen MR) is 155 cm³/mol. The third-order valence-corrected chi connectivity index (χ3v) is 7.73. The van der Waals surface area contributed by atoms with E-state index < -0.39 is 12.0 Å². The van der Waals surface area contributed by atoms with E-state index in [9.17, 15) is 9.59 Å². The van der Waals surface area contributed by atoms with Crippen LogP contribution < -0.4 is 29.1 Å². The van der Waals surface area contributed by atoms with Crippen LogP contribution in [0.25, 0.3) is 16.8 Å². The first-order chi connectivity index (χ1) is 19.4. The molecule has 1 atom stereocenters. The molecule has 40 heavy (non-hydrogen) atoms. The third kappa shape index (κ3) is 4.77. The minimum Gasteiger partial charge on any atom is -0.493 e. The fraction of sp³-hybridized carbons (Fsp3) is 0.258. The van der Waals surface area contributed by atoms with Crippen LogP contribution in [-0.4, -0.2) is 38.0 Å². The normalized spacial score (nSPS) is 15.0. The molecule has 0 N–H and O–H groups in total. The van der Waals surface area contributed by atoms with E-state index >= 15 is 0 Å². The molecule has 1 aliphatic heterocycles. The standard InChI is InChI=1S/C31H30N2O6S/c1-6-38-23-14-12-19-10-8-9-11-21(19)22(23)17-26-29(34)33-28(20-13-15-24(36-4)25(16-20)37-5)27(30(35)39-7-2)18(3)32-31(33)40-26/h8-17,28H,6-7H2,1-5H3/b26-17-/t28-/m1/s1. The molecule has 206 valence electrons. The van der Waals surface area contributed by atoms with Crippen LogP contribution in [0.4, 0.5) is 0 Å². The van der Waals surface area contributed by atoms with Gasteiger partial charge in [-0.3, -0.25) is 9.36 Å². The highest BCUT2D eigenvalue weighted by Crippen LogP contribution is 2.36. The minimum atomic E-state index is -0.767. The van der Waals surface area contributed by atoms with Crippen molar-refractivity contribution in [2.75, 3.05) is 27.4 Å². The summed E-state index contributed by atoms with van der Waals surface area (Å²) in [7, 11) is 3.10. The van der Waals surface area contributed by atoms with E-state index in [1.807, 2.05) is 55.5 Å². The van der Waals surface area contributed by atoms with E-state index in [4.69, 9.17) is 18.9 Å². The minimum absolute atomic E-state index is 0.194. The van der Waals surface area contributed by atoms with Crippen molar-refractivity contribution in [2.24, 2.45) is 4.99 Å². The lowest BCUT2D eigenvalue weighted by molar-refractivity contribution is -0.139. The highest BCUT2D eigenvalue weighted by atomic mass is 32.1. The molecule has 4 aromatic rings. The van der Waals surface area contributed by atoms with Crippen LogP contribution >= 0.6 is 11.3 Å². The number of rotatable bonds is 8. The van der Waals surface area contributed by atoms with Crippen LogP contribution in [0, 0.1) is 0 Å². The van der Waals surface area contributed by atoms with Crippen LogP contribution in [0.3, 0.4) is 0 Å². The molecule has 9 heteroatoms. The van der Waals surface area contributed by atoms with Gasteiger partial charge in [-0.15, -0.1) is 0 Å². The maximum Gasteiger partial charge on any atom is 0.338 e. The zero-order chi connectivity index (χ0) is 28.4. The molecule has 0 saturated carbocycles. The summed E-state index contributed by atoms with van der Waals surface area (Å²) < 4.78 is 24.3. The van der Waals surface area contributed by atoms with E-state index in [0.29, 0.717) is 50.0 Å². The Morgan fingerprint density at radius 2 is 1.75 bits per heavy atom. The van der Waals surface area contributed by atoms with Gasteiger partial charge in [0.15, 0.2) is 16.3 Å². The van der Waals surface area contributed by atoms with E-state index in [-0.39, 0.29) is 12.2 Å². The molecule has 0 radical (unpaired) electrons. The number of allylic oxidation sites excluding steroid dienone is 1. The maximum absolute atomic E-state index is 14.1.